The molecule has 2 aliphatic rings. The first-order valence-electron chi connectivity index (χ1n) is 10.5. The lowest BCUT2D eigenvalue weighted by atomic mass is 10.0. The number of likely N-dealkylation sites (tertiary alicyclic amines) is 1. The summed E-state index contributed by atoms with van der Waals surface area (Å²) in [6, 6.07) is 10.9. The molecule has 2 fully saturated rings. The summed E-state index contributed by atoms with van der Waals surface area (Å²) in [5.74, 6) is 0.821. The fraction of sp³-hybridized carbons (Fsp3) is 0.682. The number of morpholine rings is 1. The van der Waals surface area contributed by atoms with Crippen molar-refractivity contribution in [1.29, 1.82) is 0 Å². The lowest BCUT2D eigenvalue weighted by molar-refractivity contribution is -0.126. The molecule has 150 valence electrons. The predicted molar refractivity (Wildman–Crippen MR) is 109 cm³/mol. The van der Waals surface area contributed by atoms with Crippen LogP contribution in [0.1, 0.15) is 38.7 Å². The predicted octanol–water partition coefficient (Wildman–Crippen LogP) is 2.51. The van der Waals surface area contributed by atoms with Crippen LogP contribution < -0.4 is 5.32 Å². The van der Waals surface area contributed by atoms with Crippen LogP contribution in [0.15, 0.2) is 30.3 Å². The molecule has 5 heteroatoms. The van der Waals surface area contributed by atoms with E-state index in [-0.39, 0.29) is 11.9 Å². The maximum absolute atomic E-state index is 12.9. The van der Waals surface area contributed by atoms with Crippen LogP contribution in [0.2, 0.25) is 0 Å². The molecule has 2 aliphatic heterocycles. The highest BCUT2D eigenvalue weighted by Gasteiger charge is 2.31. The van der Waals surface area contributed by atoms with Crippen molar-refractivity contribution >= 4 is 5.91 Å². The summed E-state index contributed by atoms with van der Waals surface area (Å²) >= 11 is 0. The molecule has 27 heavy (non-hydrogen) atoms. The van der Waals surface area contributed by atoms with E-state index in [1.165, 1.54) is 5.56 Å². The van der Waals surface area contributed by atoms with Crippen LogP contribution >= 0.6 is 0 Å². The summed E-state index contributed by atoms with van der Waals surface area (Å²) in [5.41, 5.74) is 1.28. The van der Waals surface area contributed by atoms with Crippen molar-refractivity contribution in [3.05, 3.63) is 35.9 Å². The first kappa shape index (κ1) is 20.3. The Kier molecular flexibility index (Phi) is 7.68. The van der Waals surface area contributed by atoms with Crippen LogP contribution in [-0.4, -0.2) is 67.2 Å². The zero-order valence-corrected chi connectivity index (χ0v) is 16.9. The number of carbonyl (C=O) groups excluding carboxylic acids is 1. The highest BCUT2D eigenvalue weighted by molar-refractivity contribution is 5.82. The molecule has 1 aromatic carbocycles. The Hall–Kier alpha value is -1.43. The highest BCUT2D eigenvalue weighted by atomic mass is 16.5. The third kappa shape index (κ3) is 6.03. The zero-order chi connectivity index (χ0) is 19.1. The Balaban J connectivity index is 1.54. The Bertz CT molecular complexity index is 572. The highest BCUT2D eigenvalue weighted by Crippen LogP contribution is 2.20. The maximum atomic E-state index is 12.9. The van der Waals surface area contributed by atoms with Crippen molar-refractivity contribution in [3.8, 4) is 0 Å². The van der Waals surface area contributed by atoms with Gasteiger partial charge in [-0.25, -0.2) is 0 Å². The fourth-order valence-electron chi connectivity index (χ4n) is 4.31. The molecule has 3 rings (SSSR count). The molecule has 5 nitrogen and oxygen atoms in total. The summed E-state index contributed by atoms with van der Waals surface area (Å²) in [5, 5.41) is 3.28. The first-order chi connectivity index (χ1) is 13.1. The average Bonchev–Trinajstić information content (AvgIpc) is 3.14. The van der Waals surface area contributed by atoms with Crippen LogP contribution in [0.4, 0.5) is 0 Å². The van der Waals surface area contributed by atoms with Gasteiger partial charge in [-0.1, -0.05) is 44.2 Å². The van der Waals surface area contributed by atoms with Gasteiger partial charge < -0.3 is 10.1 Å². The number of hydrogen-bond acceptors (Lipinski definition) is 4. The molecule has 2 saturated heterocycles. The summed E-state index contributed by atoms with van der Waals surface area (Å²) in [6.07, 6.45) is 3.17. The van der Waals surface area contributed by atoms with E-state index < -0.39 is 0 Å². The molecule has 1 amide bonds. The monoisotopic (exact) mass is 373 g/mol. The Morgan fingerprint density at radius 3 is 2.63 bits per heavy atom. The minimum absolute atomic E-state index is 0.00888. The molecular weight excluding hydrogens is 338 g/mol. The third-order valence-electron chi connectivity index (χ3n) is 5.71. The maximum Gasteiger partial charge on any atom is 0.237 e. The normalized spacial score (nSPS) is 22.9. The fourth-order valence-corrected chi connectivity index (χ4v) is 4.31. The Morgan fingerprint density at radius 2 is 1.93 bits per heavy atom. The van der Waals surface area contributed by atoms with Gasteiger partial charge in [0.2, 0.25) is 5.91 Å². The minimum Gasteiger partial charge on any atom is -0.379 e. The van der Waals surface area contributed by atoms with Gasteiger partial charge in [0.15, 0.2) is 0 Å². The number of hydrogen-bond donors (Lipinski definition) is 1. The number of carbonyl (C=O) groups is 1. The summed E-state index contributed by atoms with van der Waals surface area (Å²) in [7, 11) is 0. The zero-order valence-electron chi connectivity index (χ0n) is 16.9. The minimum atomic E-state index is 0.00888. The van der Waals surface area contributed by atoms with Gasteiger partial charge in [-0.05, 0) is 37.3 Å². The van der Waals surface area contributed by atoms with E-state index in [0.717, 1.165) is 65.2 Å². The van der Waals surface area contributed by atoms with Gasteiger partial charge in [0, 0.05) is 32.2 Å². The second-order valence-electron chi connectivity index (χ2n) is 8.29. The van der Waals surface area contributed by atoms with Crippen LogP contribution in [0.3, 0.4) is 0 Å². The number of nitrogens with one attached hydrogen (secondary N) is 1. The second kappa shape index (κ2) is 10.2. The van der Waals surface area contributed by atoms with E-state index in [0.29, 0.717) is 12.0 Å². The molecule has 0 aromatic heterocycles. The SMILES string of the molecule is CC(C)CC(CNC(=O)C1CCCN1Cc1ccccc1)N1CCOCC1. The van der Waals surface area contributed by atoms with E-state index in [1.54, 1.807) is 0 Å². The molecule has 1 aromatic rings. The topological polar surface area (TPSA) is 44.8 Å². The van der Waals surface area contributed by atoms with Gasteiger partial charge in [-0.2, -0.15) is 0 Å². The van der Waals surface area contributed by atoms with Crippen LogP contribution in [0, 0.1) is 5.92 Å². The Morgan fingerprint density at radius 1 is 1.19 bits per heavy atom. The van der Waals surface area contributed by atoms with Crippen molar-refractivity contribution < 1.29 is 9.53 Å². The van der Waals surface area contributed by atoms with E-state index >= 15 is 0 Å². The Labute approximate surface area is 164 Å². The van der Waals surface area contributed by atoms with Crippen LogP contribution in [-0.2, 0) is 16.1 Å². The quantitative estimate of drug-likeness (QED) is 0.761. The molecule has 2 unspecified atom stereocenters. The standard InChI is InChI=1S/C22H35N3O2/c1-18(2)15-20(24-11-13-27-14-12-24)16-23-22(26)21-9-6-10-25(21)17-19-7-4-3-5-8-19/h3-5,7-8,18,20-21H,6,9-17H2,1-2H3,(H,23,26). The van der Waals surface area contributed by atoms with Gasteiger partial charge in [-0.15, -0.1) is 0 Å². The average molecular weight is 374 g/mol. The molecule has 0 radical (unpaired) electrons. The molecular formula is C22H35N3O2. The lowest BCUT2D eigenvalue weighted by Crippen LogP contribution is -2.51. The molecule has 0 bridgehead atoms. The number of benzene rings is 1. The lowest BCUT2D eigenvalue weighted by Gasteiger charge is -2.36. The molecule has 1 N–H and O–H groups in total. The van der Waals surface area contributed by atoms with E-state index in [2.05, 4.69) is 53.2 Å². The van der Waals surface area contributed by atoms with Crippen molar-refractivity contribution in [3.63, 3.8) is 0 Å². The van der Waals surface area contributed by atoms with Crippen molar-refractivity contribution in [2.24, 2.45) is 5.92 Å². The van der Waals surface area contributed by atoms with Crippen molar-refractivity contribution in [2.45, 2.75) is 51.7 Å². The van der Waals surface area contributed by atoms with Crippen molar-refractivity contribution in [1.82, 2.24) is 15.1 Å². The van der Waals surface area contributed by atoms with Gasteiger partial charge >= 0.3 is 0 Å². The summed E-state index contributed by atoms with van der Waals surface area (Å²) in [4.78, 5) is 17.7. The molecule has 2 heterocycles. The molecule has 0 saturated carbocycles. The van der Waals surface area contributed by atoms with E-state index in [1.807, 2.05) is 6.07 Å². The smallest absolute Gasteiger partial charge is 0.237 e. The molecule has 0 spiro atoms. The van der Waals surface area contributed by atoms with E-state index in [9.17, 15) is 4.79 Å². The van der Waals surface area contributed by atoms with E-state index in [4.69, 9.17) is 4.74 Å². The van der Waals surface area contributed by atoms with Gasteiger partial charge in [0.25, 0.3) is 0 Å². The number of amides is 1. The largest absolute Gasteiger partial charge is 0.379 e. The second-order valence-corrected chi connectivity index (χ2v) is 8.29. The van der Waals surface area contributed by atoms with Crippen LogP contribution in [0.25, 0.3) is 0 Å². The number of ether oxygens (including phenoxy) is 1. The van der Waals surface area contributed by atoms with Gasteiger partial charge in [0.05, 0.1) is 19.3 Å². The first-order valence-corrected chi connectivity index (χ1v) is 10.5. The molecule has 2 atom stereocenters. The third-order valence-corrected chi connectivity index (χ3v) is 5.71. The summed E-state index contributed by atoms with van der Waals surface area (Å²) < 4.78 is 5.50. The number of nitrogens with zero attached hydrogens (tertiary/aromatic N) is 2. The van der Waals surface area contributed by atoms with Gasteiger partial charge in [-0.3, -0.25) is 14.6 Å². The van der Waals surface area contributed by atoms with Crippen molar-refractivity contribution in [2.75, 3.05) is 39.4 Å². The number of rotatable bonds is 8. The van der Waals surface area contributed by atoms with Gasteiger partial charge in [0.1, 0.15) is 0 Å². The summed E-state index contributed by atoms with van der Waals surface area (Å²) in [6.45, 7) is 10.7. The van der Waals surface area contributed by atoms with Crippen LogP contribution in [0.5, 0.6) is 0 Å². The molecule has 0 aliphatic carbocycles.